The third-order valence-electron chi connectivity index (χ3n) is 2.72. The van der Waals surface area contributed by atoms with Crippen LogP contribution in [0.4, 0.5) is 0 Å². The number of amides is 1. The van der Waals surface area contributed by atoms with Gasteiger partial charge < -0.3 is 15.7 Å². The predicted octanol–water partition coefficient (Wildman–Crippen LogP) is -0.0346. The molecule has 1 saturated carbocycles. The molecule has 0 aromatic rings. The van der Waals surface area contributed by atoms with Crippen molar-refractivity contribution in [3.63, 3.8) is 0 Å². The number of carbonyl (C=O) groups is 2. The smallest absolute Gasteiger partial charge is 0.308 e. The molecule has 1 rings (SSSR count). The van der Waals surface area contributed by atoms with Crippen LogP contribution in [0.1, 0.15) is 26.2 Å². The van der Waals surface area contributed by atoms with Crippen LogP contribution in [0.2, 0.25) is 0 Å². The topological polar surface area (TPSA) is 78.4 Å². The van der Waals surface area contributed by atoms with Gasteiger partial charge in [0.05, 0.1) is 12.5 Å². The summed E-state index contributed by atoms with van der Waals surface area (Å²) < 4.78 is 0. The van der Waals surface area contributed by atoms with Crippen molar-refractivity contribution >= 4 is 11.9 Å². The van der Waals surface area contributed by atoms with Gasteiger partial charge in [-0.05, 0) is 19.4 Å². The summed E-state index contributed by atoms with van der Waals surface area (Å²) in [7, 11) is 0. The SMILES string of the molecule is CCNCC(=O)NC1CCCC1C(=O)O. The van der Waals surface area contributed by atoms with E-state index in [-0.39, 0.29) is 18.5 Å². The van der Waals surface area contributed by atoms with Crippen LogP contribution < -0.4 is 10.6 Å². The summed E-state index contributed by atoms with van der Waals surface area (Å²) in [6, 6.07) is -0.186. The summed E-state index contributed by atoms with van der Waals surface area (Å²) in [6.45, 7) is 2.92. The lowest BCUT2D eigenvalue weighted by atomic mass is 10.0. The van der Waals surface area contributed by atoms with E-state index in [1.807, 2.05) is 6.92 Å². The summed E-state index contributed by atoms with van der Waals surface area (Å²) >= 11 is 0. The first kappa shape index (κ1) is 12.0. The second-order valence-electron chi connectivity index (χ2n) is 3.83. The summed E-state index contributed by atoms with van der Waals surface area (Å²) in [4.78, 5) is 22.2. The molecule has 0 aliphatic heterocycles. The molecule has 1 fully saturated rings. The fourth-order valence-corrected chi connectivity index (χ4v) is 1.92. The van der Waals surface area contributed by atoms with E-state index >= 15 is 0 Å². The number of likely N-dealkylation sites (N-methyl/N-ethyl adjacent to an activating group) is 1. The van der Waals surface area contributed by atoms with Crippen molar-refractivity contribution in [2.75, 3.05) is 13.1 Å². The molecule has 86 valence electrons. The van der Waals surface area contributed by atoms with Crippen LogP contribution in [0.25, 0.3) is 0 Å². The van der Waals surface area contributed by atoms with Crippen molar-refractivity contribution < 1.29 is 14.7 Å². The van der Waals surface area contributed by atoms with Crippen LogP contribution in [0.15, 0.2) is 0 Å². The summed E-state index contributed by atoms with van der Waals surface area (Å²) in [5.41, 5.74) is 0. The predicted molar refractivity (Wildman–Crippen MR) is 55.5 cm³/mol. The molecule has 3 N–H and O–H groups in total. The van der Waals surface area contributed by atoms with Gasteiger partial charge in [0, 0.05) is 6.04 Å². The van der Waals surface area contributed by atoms with E-state index in [9.17, 15) is 9.59 Å². The van der Waals surface area contributed by atoms with Crippen molar-refractivity contribution in [1.82, 2.24) is 10.6 Å². The van der Waals surface area contributed by atoms with Gasteiger partial charge in [0.25, 0.3) is 0 Å². The van der Waals surface area contributed by atoms with Crippen LogP contribution in [-0.2, 0) is 9.59 Å². The number of carboxylic acids is 1. The van der Waals surface area contributed by atoms with Gasteiger partial charge in [0.1, 0.15) is 0 Å². The van der Waals surface area contributed by atoms with E-state index in [1.54, 1.807) is 0 Å². The molecule has 1 aliphatic carbocycles. The van der Waals surface area contributed by atoms with Crippen molar-refractivity contribution in [3.8, 4) is 0 Å². The molecular formula is C10H18N2O3. The van der Waals surface area contributed by atoms with Crippen LogP contribution in [0.3, 0.4) is 0 Å². The van der Waals surface area contributed by atoms with Crippen LogP contribution in [0.5, 0.6) is 0 Å². The van der Waals surface area contributed by atoms with Gasteiger partial charge in [0.15, 0.2) is 0 Å². The van der Waals surface area contributed by atoms with Crippen molar-refractivity contribution in [3.05, 3.63) is 0 Å². The number of aliphatic carboxylic acids is 1. The molecule has 0 radical (unpaired) electrons. The molecule has 5 nitrogen and oxygen atoms in total. The fraction of sp³-hybridized carbons (Fsp3) is 0.800. The highest BCUT2D eigenvalue weighted by Crippen LogP contribution is 2.25. The normalized spacial score (nSPS) is 25.1. The third-order valence-corrected chi connectivity index (χ3v) is 2.72. The Hall–Kier alpha value is -1.10. The van der Waals surface area contributed by atoms with Gasteiger partial charge in [-0.1, -0.05) is 13.3 Å². The zero-order chi connectivity index (χ0) is 11.3. The van der Waals surface area contributed by atoms with Crippen LogP contribution in [0, 0.1) is 5.92 Å². The Balaban J connectivity index is 2.36. The van der Waals surface area contributed by atoms with Crippen LogP contribution in [-0.4, -0.2) is 36.1 Å². The second kappa shape index (κ2) is 5.70. The van der Waals surface area contributed by atoms with E-state index in [4.69, 9.17) is 5.11 Å². The van der Waals surface area contributed by atoms with E-state index in [2.05, 4.69) is 10.6 Å². The van der Waals surface area contributed by atoms with Crippen LogP contribution >= 0.6 is 0 Å². The number of nitrogens with one attached hydrogen (secondary N) is 2. The molecule has 2 atom stereocenters. The number of carboxylic acid groups (broad SMARTS) is 1. The first-order valence-corrected chi connectivity index (χ1v) is 5.38. The maximum absolute atomic E-state index is 11.4. The minimum atomic E-state index is -0.804. The van der Waals surface area contributed by atoms with E-state index in [0.29, 0.717) is 6.42 Å². The van der Waals surface area contributed by atoms with Gasteiger partial charge >= 0.3 is 5.97 Å². The number of hydrogen-bond donors (Lipinski definition) is 3. The third kappa shape index (κ3) is 3.51. The first-order valence-electron chi connectivity index (χ1n) is 5.38. The zero-order valence-corrected chi connectivity index (χ0v) is 8.95. The molecule has 1 aliphatic rings. The lowest BCUT2D eigenvalue weighted by Gasteiger charge is -2.17. The van der Waals surface area contributed by atoms with Crippen molar-refractivity contribution in [2.45, 2.75) is 32.2 Å². The molecule has 0 heterocycles. The van der Waals surface area contributed by atoms with E-state index < -0.39 is 11.9 Å². The maximum atomic E-state index is 11.4. The Morgan fingerprint density at radius 2 is 2.13 bits per heavy atom. The largest absolute Gasteiger partial charge is 0.481 e. The molecular weight excluding hydrogens is 196 g/mol. The average molecular weight is 214 g/mol. The summed E-state index contributed by atoms with van der Waals surface area (Å²) in [5, 5.41) is 14.6. The standard InChI is InChI=1S/C10H18N2O3/c1-2-11-6-9(13)12-8-5-3-4-7(8)10(14)15/h7-8,11H,2-6H2,1H3,(H,12,13)(H,14,15). The van der Waals surface area contributed by atoms with Gasteiger partial charge in [-0.3, -0.25) is 9.59 Å². The highest BCUT2D eigenvalue weighted by molar-refractivity contribution is 5.80. The highest BCUT2D eigenvalue weighted by atomic mass is 16.4. The molecule has 5 heteroatoms. The van der Waals surface area contributed by atoms with Gasteiger partial charge in [-0.15, -0.1) is 0 Å². The fourth-order valence-electron chi connectivity index (χ4n) is 1.92. The Labute approximate surface area is 89.2 Å². The Kier molecular flexibility index (Phi) is 4.55. The Bertz CT molecular complexity index is 243. The highest BCUT2D eigenvalue weighted by Gasteiger charge is 2.33. The van der Waals surface area contributed by atoms with E-state index in [0.717, 1.165) is 19.4 Å². The van der Waals surface area contributed by atoms with E-state index in [1.165, 1.54) is 0 Å². The minimum Gasteiger partial charge on any atom is -0.481 e. The van der Waals surface area contributed by atoms with Gasteiger partial charge in [-0.25, -0.2) is 0 Å². The second-order valence-corrected chi connectivity index (χ2v) is 3.83. The molecule has 0 spiro atoms. The number of rotatable bonds is 5. The molecule has 1 amide bonds. The van der Waals surface area contributed by atoms with Gasteiger partial charge in [0.2, 0.25) is 5.91 Å². The average Bonchev–Trinajstić information content (AvgIpc) is 2.62. The van der Waals surface area contributed by atoms with Gasteiger partial charge in [-0.2, -0.15) is 0 Å². The summed E-state index contributed by atoms with van der Waals surface area (Å²) in [5.74, 6) is -1.33. The maximum Gasteiger partial charge on any atom is 0.308 e. The molecule has 0 bridgehead atoms. The Morgan fingerprint density at radius 3 is 2.73 bits per heavy atom. The zero-order valence-electron chi connectivity index (χ0n) is 8.95. The van der Waals surface area contributed by atoms with Crippen molar-refractivity contribution in [2.24, 2.45) is 5.92 Å². The molecule has 0 saturated heterocycles. The van der Waals surface area contributed by atoms with Crippen molar-refractivity contribution in [1.29, 1.82) is 0 Å². The molecule has 2 unspecified atom stereocenters. The monoisotopic (exact) mass is 214 g/mol. The number of hydrogen-bond acceptors (Lipinski definition) is 3. The molecule has 0 aromatic heterocycles. The molecule has 0 aromatic carbocycles. The lowest BCUT2D eigenvalue weighted by Crippen LogP contribution is -2.43. The Morgan fingerprint density at radius 1 is 1.40 bits per heavy atom. The first-order chi connectivity index (χ1) is 7.15. The molecule has 15 heavy (non-hydrogen) atoms. The lowest BCUT2D eigenvalue weighted by molar-refractivity contribution is -0.142. The number of carbonyl (C=O) groups excluding carboxylic acids is 1. The quantitative estimate of drug-likeness (QED) is 0.600. The summed E-state index contributed by atoms with van der Waals surface area (Å²) in [6.07, 6.45) is 2.32. The minimum absolute atomic E-state index is 0.116.